The molecule has 2 amide bonds. The van der Waals surface area contributed by atoms with Crippen LogP contribution in [0.4, 0.5) is 0 Å². The second kappa shape index (κ2) is 8.42. The molecule has 2 aromatic heterocycles. The maximum Gasteiger partial charge on any atom is 0.258 e. The predicted octanol–water partition coefficient (Wildman–Crippen LogP) is 2.62. The van der Waals surface area contributed by atoms with Crippen LogP contribution in [0.15, 0.2) is 42.9 Å². The van der Waals surface area contributed by atoms with Crippen molar-refractivity contribution in [2.24, 2.45) is 5.41 Å². The molecule has 3 atom stereocenters. The van der Waals surface area contributed by atoms with Crippen molar-refractivity contribution in [3.8, 4) is 5.75 Å². The number of hydrogen-bond acceptors (Lipinski definition) is 5. The number of amides is 2. The lowest BCUT2D eigenvalue weighted by Gasteiger charge is -2.35. The van der Waals surface area contributed by atoms with Crippen LogP contribution in [0.3, 0.4) is 0 Å². The van der Waals surface area contributed by atoms with Gasteiger partial charge in [0.1, 0.15) is 5.75 Å². The van der Waals surface area contributed by atoms with E-state index in [2.05, 4.69) is 22.2 Å². The van der Waals surface area contributed by atoms with Gasteiger partial charge < -0.3 is 15.0 Å². The van der Waals surface area contributed by atoms with Crippen molar-refractivity contribution in [3.05, 3.63) is 54.1 Å². The molecule has 158 valence electrons. The molecule has 0 radical (unpaired) electrons. The number of ether oxygens (including phenoxy) is 1. The highest BCUT2D eigenvalue weighted by molar-refractivity contribution is 5.98. The Morgan fingerprint density at radius 2 is 2.13 bits per heavy atom. The number of pyridine rings is 2. The molecule has 2 aliphatic heterocycles. The number of aromatic nitrogens is 2. The Bertz CT molecular complexity index is 920. The summed E-state index contributed by atoms with van der Waals surface area (Å²) in [4.78, 5) is 37.0. The maximum absolute atomic E-state index is 13.4. The summed E-state index contributed by atoms with van der Waals surface area (Å²) in [6, 6.07) is 7.48. The highest BCUT2D eigenvalue weighted by Gasteiger charge is 2.60. The lowest BCUT2D eigenvalue weighted by Crippen LogP contribution is -2.50. The van der Waals surface area contributed by atoms with Crippen LogP contribution in [0, 0.1) is 5.41 Å². The second-order valence-electron chi connectivity index (χ2n) is 8.08. The predicted molar refractivity (Wildman–Crippen MR) is 112 cm³/mol. The van der Waals surface area contributed by atoms with Gasteiger partial charge in [-0.15, -0.1) is 0 Å². The molecule has 0 saturated carbocycles. The molecule has 4 heterocycles. The highest BCUT2D eigenvalue weighted by atomic mass is 16.5. The SMILES string of the molecule is CC[C@]1(C(=O)NCCc2ccccn2)C[C@H]2CC[C@@H]1N2C(=O)c1ccncc1OC. The summed E-state index contributed by atoms with van der Waals surface area (Å²) in [7, 11) is 1.54. The molecule has 2 fully saturated rings. The number of hydrogen-bond donors (Lipinski definition) is 1. The fourth-order valence-electron chi connectivity index (χ4n) is 5.16. The summed E-state index contributed by atoms with van der Waals surface area (Å²) in [5.74, 6) is 0.446. The molecule has 4 rings (SSSR count). The Kier molecular flexibility index (Phi) is 5.70. The summed E-state index contributed by atoms with van der Waals surface area (Å²) in [5.41, 5.74) is 0.924. The van der Waals surface area contributed by atoms with Crippen molar-refractivity contribution < 1.29 is 14.3 Å². The third-order valence-electron chi connectivity index (χ3n) is 6.69. The number of carbonyl (C=O) groups excluding carboxylic acids is 2. The molecule has 0 aliphatic carbocycles. The molecule has 0 spiro atoms. The first kappa shape index (κ1) is 20.3. The van der Waals surface area contributed by atoms with Crippen molar-refractivity contribution in [3.63, 3.8) is 0 Å². The number of rotatable bonds is 7. The van der Waals surface area contributed by atoms with E-state index in [1.54, 1.807) is 24.7 Å². The van der Waals surface area contributed by atoms with Gasteiger partial charge in [0.15, 0.2) is 0 Å². The molecule has 2 saturated heterocycles. The Morgan fingerprint density at radius 3 is 2.87 bits per heavy atom. The number of fused-ring (bicyclic) bond motifs is 2. The largest absolute Gasteiger partial charge is 0.494 e. The molecule has 2 aliphatic rings. The van der Waals surface area contributed by atoms with E-state index < -0.39 is 5.41 Å². The van der Waals surface area contributed by atoms with Crippen LogP contribution >= 0.6 is 0 Å². The van der Waals surface area contributed by atoms with E-state index in [0.29, 0.717) is 37.1 Å². The minimum Gasteiger partial charge on any atom is -0.494 e. The van der Waals surface area contributed by atoms with Crippen molar-refractivity contribution in [1.29, 1.82) is 0 Å². The quantitative estimate of drug-likeness (QED) is 0.761. The molecule has 30 heavy (non-hydrogen) atoms. The average Bonchev–Trinajstić information content (AvgIpc) is 3.35. The Labute approximate surface area is 176 Å². The topological polar surface area (TPSA) is 84.4 Å². The number of methoxy groups -OCH3 is 1. The Hall–Kier alpha value is -2.96. The van der Waals surface area contributed by atoms with Gasteiger partial charge in [0.05, 0.1) is 24.3 Å². The molecule has 2 bridgehead atoms. The van der Waals surface area contributed by atoms with Gasteiger partial charge in [-0.05, 0) is 43.9 Å². The molecule has 7 heteroatoms. The number of nitrogens with zero attached hydrogens (tertiary/aromatic N) is 3. The third kappa shape index (κ3) is 3.42. The average molecular weight is 409 g/mol. The van der Waals surface area contributed by atoms with Gasteiger partial charge in [-0.25, -0.2) is 0 Å². The first-order valence-corrected chi connectivity index (χ1v) is 10.6. The number of nitrogens with one attached hydrogen (secondary N) is 1. The minimum atomic E-state index is -0.539. The molecule has 0 unspecified atom stereocenters. The Morgan fingerprint density at radius 1 is 1.27 bits per heavy atom. The lowest BCUT2D eigenvalue weighted by molar-refractivity contribution is -0.132. The summed E-state index contributed by atoms with van der Waals surface area (Å²) in [6.07, 6.45) is 8.82. The van der Waals surface area contributed by atoms with Crippen LogP contribution in [0.1, 0.15) is 48.7 Å². The zero-order valence-corrected chi connectivity index (χ0v) is 17.5. The van der Waals surface area contributed by atoms with Gasteiger partial charge in [-0.2, -0.15) is 0 Å². The van der Waals surface area contributed by atoms with E-state index in [4.69, 9.17) is 4.74 Å². The van der Waals surface area contributed by atoms with Crippen LogP contribution in [-0.2, 0) is 11.2 Å². The van der Waals surface area contributed by atoms with Gasteiger partial charge in [-0.3, -0.25) is 19.6 Å². The van der Waals surface area contributed by atoms with E-state index in [-0.39, 0.29) is 23.9 Å². The van der Waals surface area contributed by atoms with Crippen LogP contribution in [0.25, 0.3) is 0 Å². The van der Waals surface area contributed by atoms with Gasteiger partial charge in [0.25, 0.3) is 5.91 Å². The smallest absolute Gasteiger partial charge is 0.258 e. The van der Waals surface area contributed by atoms with E-state index in [1.165, 1.54) is 7.11 Å². The number of carbonyl (C=O) groups is 2. The van der Waals surface area contributed by atoms with E-state index >= 15 is 0 Å². The van der Waals surface area contributed by atoms with Crippen LogP contribution in [0.2, 0.25) is 0 Å². The van der Waals surface area contributed by atoms with Crippen LogP contribution in [0.5, 0.6) is 5.75 Å². The molecule has 1 N–H and O–H groups in total. The van der Waals surface area contributed by atoms with Crippen molar-refractivity contribution in [1.82, 2.24) is 20.2 Å². The van der Waals surface area contributed by atoms with Gasteiger partial charge in [-0.1, -0.05) is 13.0 Å². The van der Waals surface area contributed by atoms with E-state index in [0.717, 1.165) is 18.5 Å². The fourth-order valence-corrected chi connectivity index (χ4v) is 5.16. The molecular formula is C23H28N4O3. The van der Waals surface area contributed by atoms with E-state index in [9.17, 15) is 9.59 Å². The zero-order valence-electron chi connectivity index (χ0n) is 17.5. The Balaban J connectivity index is 1.50. The summed E-state index contributed by atoms with van der Waals surface area (Å²) < 4.78 is 5.34. The first-order valence-electron chi connectivity index (χ1n) is 10.6. The summed E-state index contributed by atoms with van der Waals surface area (Å²) >= 11 is 0. The minimum absolute atomic E-state index is 0.0487. The van der Waals surface area contributed by atoms with Gasteiger partial charge in [0.2, 0.25) is 5.91 Å². The van der Waals surface area contributed by atoms with Gasteiger partial charge in [0, 0.05) is 43.1 Å². The zero-order chi connectivity index (χ0) is 21.1. The third-order valence-corrected chi connectivity index (χ3v) is 6.69. The first-order chi connectivity index (χ1) is 14.6. The van der Waals surface area contributed by atoms with E-state index in [1.807, 2.05) is 23.1 Å². The second-order valence-corrected chi connectivity index (χ2v) is 8.08. The fraction of sp³-hybridized carbons (Fsp3) is 0.478. The normalized spacial score (nSPS) is 24.7. The molecule has 0 aromatic carbocycles. The van der Waals surface area contributed by atoms with Gasteiger partial charge >= 0.3 is 0 Å². The standard InChI is InChI=1S/C23H28N4O3/c1-3-23(22(29)26-13-9-16-6-4-5-11-25-16)14-17-7-8-20(23)27(17)21(28)18-10-12-24-15-19(18)30-2/h4-6,10-12,15,17,20H,3,7-9,13-14H2,1-2H3,(H,26,29)/t17-,20+,23+/m1/s1. The summed E-state index contributed by atoms with van der Waals surface area (Å²) in [5, 5.41) is 3.12. The highest BCUT2D eigenvalue weighted by Crippen LogP contribution is 2.52. The lowest BCUT2D eigenvalue weighted by atomic mass is 9.71. The molecule has 2 aromatic rings. The van der Waals surface area contributed by atoms with Crippen molar-refractivity contribution >= 4 is 11.8 Å². The summed E-state index contributed by atoms with van der Waals surface area (Å²) in [6.45, 7) is 2.59. The van der Waals surface area contributed by atoms with Crippen LogP contribution < -0.4 is 10.1 Å². The monoisotopic (exact) mass is 408 g/mol. The molecular weight excluding hydrogens is 380 g/mol. The maximum atomic E-state index is 13.4. The molecule has 7 nitrogen and oxygen atoms in total. The van der Waals surface area contributed by atoms with Crippen molar-refractivity contribution in [2.45, 2.75) is 51.1 Å². The van der Waals surface area contributed by atoms with Crippen LogP contribution in [-0.4, -0.2) is 52.4 Å². The van der Waals surface area contributed by atoms with Crippen molar-refractivity contribution in [2.75, 3.05) is 13.7 Å².